The Morgan fingerprint density at radius 3 is 2.70 bits per heavy atom. The van der Waals surface area contributed by atoms with Gasteiger partial charge in [-0.25, -0.2) is 0 Å². The Labute approximate surface area is 119 Å². The number of aliphatic hydroxyl groups is 1. The number of hydrogen-bond acceptors (Lipinski definition) is 4. The van der Waals surface area contributed by atoms with E-state index in [9.17, 15) is 5.11 Å². The number of rotatable bonds is 8. The van der Waals surface area contributed by atoms with Gasteiger partial charge in [0.1, 0.15) is 24.2 Å². The second-order valence-corrected chi connectivity index (χ2v) is 4.87. The van der Waals surface area contributed by atoms with Crippen molar-refractivity contribution in [1.29, 1.82) is 0 Å². The number of para-hydroxylation sites is 1. The minimum Gasteiger partial charge on any atom is -0.491 e. The van der Waals surface area contributed by atoms with Crippen LogP contribution in [0, 0.1) is 0 Å². The summed E-state index contributed by atoms with van der Waals surface area (Å²) in [6, 6.07) is 13.6. The molecule has 0 aliphatic rings. The van der Waals surface area contributed by atoms with Crippen LogP contribution in [-0.2, 0) is 6.42 Å². The summed E-state index contributed by atoms with van der Waals surface area (Å²) in [5.74, 6) is 1.72. The fourth-order valence-corrected chi connectivity index (χ4v) is 1.91. The van der Waals surface area contributed by atoms with Gasteiger partial charge in [-0.05, 0) is 31.2 Å². The van der Waals surface area contributed by atoms with Crippen LogP contribution in [0.5, 0.6) is 5.75 Å². The molecule has 2 rings (SSSR count). The van der Waals surface area contributed by atoms with E-state index >= 15 is 0 Å². The van der Waals surface area contributed by atoms with Crippen molar-refractivity contribution in [3.8, 4) is 5.75 Å². The second-order valence-electron chi connectivity index (χ2n) is 4.87. The fraction of sp³-hybridized carbons (Fsp3) is 0.375. The number of furan rings is 1. The normalized spacial score (nSPS) is 13.9. The van der Waals surface area contributed by atoms with Gasteiger partial charge in [0.2, 0.25) is 0 Å². The van der Waals surface area contributed by atoms with Gasteiger partial charge in [0.15, 0.2) is 0 Å². The van der Waals surface area contributed by atoms with Crippen molar-refractivity contribution in [1.82, 2.24) is 5.32 Å². The van der Waals surface area contributed by atoms with Crippen LogP contribution in [0.25, 0.3) is 0 Å². The maximum absolute atomic E-state index is 9.87. The van der Waals surface area contributed by atoms with Crippen LogP contribution in [0.2, 0.25) is 0 Å². The molecule has 0 aliphatic heterocycles. The lowest BCUT2D eigenvalue weighted by atomic mass is 10.2. The van der Waals surface area contributed by atoms with Gasteiger partial charge in [-0.15, -0.1) is 0 Å². The monoisotopic (exact) mass is 275 g/mol. The van der Waals surface area contributed by atoms with E-state index in [1.54, 1.807) is 6.26 Å². The van der Waals surface area contributed by atoms with Gasteiger partial charge in [-0.3, -0.25) is 0 Å². The molecule has 4 heteroatoms. The second kappa shape index (κ2) is 7.72. The smallest absolute Gasteiger partial charge is 0.119 e. The molecule has 2 aromatic rings. The fourth-order valence-electron chi connectivity index (χ4n) is 1.91. The topological polar surface area (TPSA) is 54.6 Å². The maximum atomic E-state index is 9.87. The van der Waals surface area contributed by atoms with Crippen LogP contribution in [0.4, 0.5) is 0 Å². The van der Waals surface area contributed by atoms with Gasteiger partial charge in [0.05, 0.1) is 6.26 Å². The molecule has 4 nitrogen and oxygen atoms in total. The molecule has 2 N–H and O–H groups in total. The summed E-state index contributed by atoms with van der Waals surface area (Å²) < 4.78 is 10.8. The molecular weight excluding hydrogens is 254 g/mol. The number of nitrogens with one attached hydrogen (secondary N) is 1. The minimum atomic E-state index is -0.533. The molecule has 2 atom stereocenters. The Morgan fingerprint density at radius 1 is 1.20 bits per heavy atom. The maximum Gasteiger partial charge on any atom is 0.119 e. The Hall–Kier alpha value is -1.78. The van der Waals surface area contributed by atoms with Crippen molar-refractivity contribution < 1.29 is 14.3 Å². The van der Waals surface area contributed by atoms with Crippen LogP contribution in [-0.4, -0.2) is 30.4 Å². The third kappa shape index (κ3) is 5.07. The molecule has 0 fully saturated rings. The van der Waals surface area contributed by atoms with Crippen LogP contribution in [0.15, 0.2) is 53.1 Å². The zero-order chi connectivity index (χ0) is 14.2. The van der Waals surface area contributed by atoms with Gasteiger partial charge < -0.3 is 19.6 Å². The molecule has 0 aliphatic carbocycles. The summed E-state index contributed by atoms with van der Waals surface area (Å²) in [5, 5.41) is 13.1. The Morgan fingerprint density at radius 2 is 2.00 bits per heavy atom. The molecule has 20 heavy (non-hydrogen) atoms. The van der Waals surface area contributed by atoms with E-state index in [0.717, 1.165) is 17.9 Å². The van der Waals surface area contributed by atoms with E-state index < -0.39 is 6.10 Å². The summed E-state index contributed by atoms with van der Waals surface area (Å²) in [5.41, 5.74) is 0. The summed E-state index contributed by atoms with van der Waals surface area (Å²) in [4.78, 5) is 0. The third-order valence-electron chi connectivity index (χ3n) is 2.98. The zero-order valence-corrected chi connectivity index (χ0v) is 11.7. The van der Waals surface area contributed by atoms with Crippen molar-refractivity contribution in [3.05, 3.63) is 54.5 Å². The average molecular weight is 275 g/mol. The summed E-state index contributed by atoms with van der Waals surface area (Å²) in [6.07, 6.45) is 1.94. The molecule has 0 spiro atoms. The van der Waals surface area contributed by atoms with Crippen molar-refractivity contribution in [2.24, 2.45) is 0 Å². The lowest BCUT2D eigenvalue weighted by Gasteiger charge is -2.17. The first-order valence-electron chi connectivity index (χ1n) is 6.85. The van der Waals surface area contributed by atoms with Gasteiger partial charge in [0.25, 0.3) is 0 Å². The van der Waals surface area contributed by atoms with Crippen molar-refractivity contribution in [2.45, 2.75) is 25.5 Å². The van der Waals surface area contributed by atoms with E-state index in [1.807, 2.05) is 42.5 Å². The first kappa shape index (κ1) is 14.6. The van der Waals surface area contributed by atoms with Crippen LogP contribution in [0.1, 0.15) is 12.7 Å². The van der Waals surface area contributed by atoms with Gasteiger partial charge in [-0.1, -0.05) is 18.2 Å². The molecular formula is C16H21NO3. The molecule has 0 saturated carbocycles. The van der Waals surface area contributed by atoms with E-state index in [-0.39, 0.29) is 12.6 Å². The summed E-state index contributed by atoms with van der Waals surface area (Å²) in [6.45, 7) is 2.84. The van der Waals surface area contributed by atoms with E-state index in [2.05, 4.69) is 12.2 Å². The molecule has 2 unspecified atom stereocenters. The van der Waals surface area contributed by atoms with Gasteiger partial charge in [-0.2, -0.15) is 0 Å². The highest BCUT2D eigenvalue weighted by molar-refractivity contribution is 5.20. The molecule has 1 aromatic heterocycles. The number of aliphatic hydroxyl groups excluding tert-OH is 1. The van der Waals surface area contributed by atoms with E-state index in [1.165, 1.54) is 0 Å². The van der Waals surface area contributed by atoms with E-state index in [0.29, 0.717) is 6.54 Å². The largest absolute Gasteiger partial charge is 0.491 e. The molecule has 0 amide bonds. The SMILES string of the molecule is CC(Cc1ccco1)NCC(O)COc1ccccc1. The Bertz CT molecular complexity index is 470. The third-order valence-corrected chi connectivity index (χ3v) is 2.98. The number of hydrogen-bond donors (Lipinski definition) is 2. The molecule has 0 saturated heterocycles. The molecule has 0 radical (unpaired) electrons. The first-order valence-corrected chi connectivity index (χ1v) is 6.85. The lowest BCUT2D eigenvalue weighted by Crippen LogP contribution is -2.37. The number of benzene rings is 1. The predicted molar refractivity (Wildman–Crippen MR) is 77.8 cm³/mol. The van der Waals surface area contributed by atoms with Crippen molar-refractivity contribution in [2.75, 3.05) is 13.2 Å². The zero-order valence-electron chi connectivity index (χ0n) is 11.7. The van der Waals surface area contributed by atoms with Crippen molar-refractivity contribution >= 4 is 0 Å². The summed E-state index contributed by atoms with van der Waals surface area (Å²) >= 11 is 0. The first-order chi connectivity index (χ1) is 9.74. The Balaban J connectivity index is 1.63. The van der Waals surface area contributed by atoms with E-state index in [4.69, 9.17) is 9.15 Å². The molecule has 0 bridgehead atoms. The number of ether oxygens (including phenoxy) is 1. The quantitative estimate of drug-likeness (QED) is 0.776. The highest BCUT2D eigenvalue weighted by Gasteiger charge is 2.09. The summed E-state index contributed by atoms with van der Waals surface area (Å²) in [7, 11) is 0. The Kier molecular flexibility index (Phi) is 5.65. The molecule has 1 heterocycles. The molecule has 1 aromatic carbocycles. The predicted octanol–water partition coefficient (Wildman–Crippen LogP) is 2.24. The van der Waals surface area contributed by atoms with Gasteiger partial charge >= 0.3 is 0 Å². The highest BCUT2D eigenvalue weighted by atomic mass is 16.5. The van der Waals surface area contributed by atoms with Crippen molar-refractivity contribution in [3.63, 3.8) is 0 Å². The van der Waals surface area contributed by atoms with Crippen LogP contribution >= 0.6 is 0 Å². The van der Waals surface area contributed by atoms with Crippen LogP contribution < -0.4 is 10.1 Å². The van der Waals surface area contributed by atoms with Crippen LogP contribution in [0.3, 0.4) is 0 Å². The van der Waals surface area contributed by atoms with Gasteiger partial charge in [0, 0.05) is 19.0 Å². The molecule has 108 valence electrons. The minimum absolute atomic E-state index is 0.243. The average Bonchev–Trinajstić information content (AvgIpc) is 2.97. The standard InChI is InChI=1S/C16H21NO3/c1-13(10-16-8-5-9-19-16)17-11-14(18)12-20-15-6-3-2-4-7-15/h2-9,13-14,17-18H,10-12H2,1H3. The highest BCUT2D eigenvalue weighted by Crippen LogP contribution is 2.08. The lowest BCUT2D eigenvalue weighted by molar-refractivity contribution is 0.104.